The largest absolute Gasteiger partial charge is 0.479 e. The lowest BCUT2D eigenvalue weighted by Gasteiger charge is -2.29. The standard InChI is InChI=1S/C27H32N2O3S/c1-19(27(30)31)32-18-21-15-13-20(14-16-21)17-29-26(33-2)24(22-9-5-3-6-10-22)25(28-29)23-11-7-4-8-12-23/h3-12,19-21H,13-18H2,1-2H3,(H,30,31). The van der Waals surface area contributed by atoms with Crippen molar-refractivity contribution < 1.29 is 14.6 Å². The van der Waals surface area contributed by atoms with Crippen LogP contribution in [0.4, 0.5) is 0 Å². The van der Waals surface area contributed by atoms with Crippen molar-refractivity contribution >= 4 is 17.7 Å². The van der Waals surface area contributed by atoms with Gasteiger partial charge in [0.2, 0.25) is 0 Å². The maximum Gasteiger partial charge on any atom is 0.332 e. The van der Waals surface area contributed by atoms with E-state index in [4.69, 9.17) is 14.9 Å². The molecule has 1 saturated carbocycles. The Hall–Kier alpha value is -2.57. The summed E-state index contributed by atoms with van der Waals surface area (Å²) in [5.74, 6) is 0.118. The van der Waals surface area contributed by atoms with Crippen molar-refractivity contribution in [3.8, 4) is 22.4 Å². The van der Waals surface area contributed by atoms with Crippen LogP contribution in [-0.2, 0) is 16.1 Å². The van der Waals surface area contributed by atoms with Crippen LogP contribution in [0.3, 0.4) is 0 Å². The van der Waals surface area contributed by atoms with Gasteiger partial charge in [-0.15, -0.1) is 11.8 Å². The molecule has 3 aromatic rings. The number of aromatic nitrogens is 2. The number of thioether (sulfide) groups is 1. The van der Waals surface area contributed by atoms with Crippen molar-refractivity contribution in [1.82, 2.24) is 9.78 Å². The van der Waals surface area contributed by atoms with E-state index in [-0.39, 0.29) is 0 Å². The van der Waals surface area contributed by atoms with Crippen LogP contribution in [0, 0.1) is 11.8 Å². The average Bonchev–Trinajstić information content (AvgIpc) is 3.22. The summed E-state index contributed by atoms with van der Waals surface area (Å²) in [6, 6.07) is 21.0. The first-order chi connectivity index (χ1) is 16.1. The molecule has 1 heterocycles. The zero-order valence-corrected chi connectivity index (χ0v) is 20.1. The number of hydrogen-bond acceptors (Lipinski definition) is 4. The van der Waals surface area contributed by atoms with Crippen LogP contribution >= 0.6 is 11.8 Å². The second-order valence-corrected chi connectivity index (χ2v) is 9.64. The smallest absolute Gasteiger partial charge is 0.332 e. The number of benzene rings is 2. The van der Waals surface area contributed by atoms with Gasteiger partial charge in [0.05, 0.1) is 6.61 Å². The summed E-state index contributed by atoms with van der Waals surface area (Å²) in [7, 11) is 0. The van der Waals surface area contributed by atoms with Crippen molar-refractivity contribution in [2.24, 2.45) is 11.8 Å². The van der Waals surface area contributed by atoms with E-state index in [2.05, 4.69) is 59.5 Å². The zero-order chi connectivity index (χ0) is 23.2. The predicted octanol–water partition coefficient (Wildman–Crippen LogP) is 6.24. The van der Waals surface area contributed by atoms with E-state index in [0.29, 0.717) is 18.4 Å². The molecule has 0 spiro atoms. The lowest BCUT2D eigenvalue weighted by Crippen LogP contribution is -2.26. The van der Waals surface area contributed by atoms with Crippen LogP contribution < -0.4 is 0 Å². The van der Waals surface area contributed by atoms with E-state index in [9.17, 15) is 4.79 Å². The Kier molecular flexibility index (Phi) is 7.89. The molecule has 1 fully saturated rings. The fourth-order valence-electron chi connectivity index (χ4n) is 4.62. The Labute approximate surface area is 200 Å². The van der Waals surface area contributed by atoms with Gasteiger partial charge >= 0.3 is 5.97 Å². The molecule has 0 aliphatic heterocycles. The van der Waals surface area contributed by atoms with Crippen LogP contribution in [0.2, 0.25) is 0 Å². The summed E-state index contributed by atoms with van der Waals surface area (Å²) < 4.78 is 7.74. The molecule has 6 heteroatoms. The molecule has 0 amide bonds. The highest BCUT2D eigenvalue weighted by Crippen LogP contribution is 2.40. The summed E-state index contributed by atoms with van der Waals surface area (Å²) in [4.78, 5) is 11.0. The molecule has 1 atom stereocenters. The Balaban J connectivity index is 1.52. The second-order valence-electron chi connectivity index (χ2n) is 8.85. The molecule has 1 N–H and O–H groups in total. The minimum absolute atomic E-state index is 0.445. The van der Waals surface area contributed by atoms with Gasteiger partial charge in [0.1, 0.15) is 10.7 Å². The highest BCUT2D eigenvalue weighted by atomic mass is 32.2. The summed E-state index contributed by atoms with van der Waals surface area (Å²) in [5, 5.41) is 15.4. The zero-order valence-electron chi connectivity index (χ0n) is 19.3. The molecule has 1 aromatic heterocycles. The van der Waals surface area contributed by atoms with Gasteiger partial charge in [0, 0.05) is 17.7 Å². The summed E-state index contributed by atoms with van der Waals surface area (Å²) in [5.41, 5.74) is 4.58. The molecule has 0 radical (unpaired) electrons. The molecule has 33 heavy (non-hydrogen) atoms. The van der Waals surface area contributed by atoms with E-state index < -0.39 is 12.1 Å². The van der Waals surface area contributed by atoms with Gasteiger partial charge in [-0.05, 0) is 56.3 Å². The molecule has 1 unspecified atom stereocenters. The molecular formula is C27H32N2O3S. The minimum Gasteiger partial charge on any atom is -0.479 e. The van der Waals surface area contributed by atoms with Crippen molar-refractivity contribution in [1.29, 1.82) is 0 Å². The SMILES string of the molecule is CSc1c(-c2ccccc2)c(-c2ccccc2)nn1CC1CCC(COC(C)C(=O)O)CC1. The van der Waals surface area contributed by atoms with Gasteiger partial charge in [0.15, 0.2) is 6.10 Å². The van der Waals surface area contributed by atoms with Gasteiger partial charge in [0.25, 0.3) is 0 Å². The molecular weight excluding hydrogens is 432 g/mol. The molecule has 174 valence electrons. The lowest BCUT2D eigenvalue weighted by atomic mass is 9.82. The quantitative estimate of drug-likeness (QED) is 0.380. The number of carbonyl (C=O) groups is 1. The number of carboxylic acids is 1. The first-order valence-electron chi connectivity index (χ1n) is 11.7. The molecule has 1 aliphatic carbocycles. The van der Waals surface area contributed by atoms with Crippen LogP contribution in [0.15, 0.2) is 65.7 Å². The van der Waals surface area contributed by atoms with Crippen molar-refractivity contribution in [2.45, 2.75) is 50.3 Å². The summed E-state index contributed by atoms with van der Waals surface area (Å²) in [6.07, 6.45) is 5.78. The number of aliphatic carboxylic acids is 1. The summed E-state index contributed by atoms with van der Waals surface area (Å²) >= 11 is 1.76. The fraction of sp³-hybridized carbons (Fsp3) is 0.407. The normalized spacial score (nSPS) is 19.3. The third-order valence-electron chi connectivity index (χ3n) is 6.54. The van der Waals surface area contributed by atoms with Gasteiger partial charge < -0.3 is 9.84 Å². The van der Waals surface area contributed by atoms with Gasteiger partial charge in [-0.25, -0.2) is 4.79 Å². The van der Waals surface area contributed by atoms with E-state index in [1.54, 1.807) is 18.7 Å². The van der Waals surface area contributed by atoms with Crippen molar-refractivity contribution in [3.05, 3.63) is 60.7 Å². The van der Waals surface area contributed by atoms with Crippen LogP contribution in [0.25, 0.3) is 22.4 Å². The maximum absolute atomic E-state index is 11.0. The monoisotopic (exact) mass is 464 g/mol. The van der Waals surface area contributed by atoms with Gasteiger partial charge in [-0.3, -0.25) is 4.68 Å². The van der Waals surface area contributed by atoms with E-state index >= 15 is 0 Å². The number of ether oxygens (including phenoxy) is 1. The maximum atomic E-state index is 11.0. The van der Waals surface area contributed by atoms with E-state index in [1.807, 2.05) is 12.1 Å². The molecule has 5 nitrogen and oxygen atoms in total. The number of rotatable bonds is 9. The van der Waals surface area contributed by atoms with Crippen LogP contribution in [-0.4, -0.2) is 39.8 Å². The topological polar surface area (TPSA) is 64.4 Å². The van der Waals surface area contributed by atoms with Crippen molar-refractivity contribution in [3.63, 3.8) is 0 Å². The van der Waals surface area contributed by atoms with Gasteiger partial charge in [-0.2, -0.15) is 5.10 Å². The molecule has 1 aliphatic rings. The third kappa shape index (κ3) is 5.68. The first kappa shape index (κ1) is 23.6. The lowest BCUT2D eigenvalue weighted by molar-refractivity contribution is -0.150. The van der Waals surface area contributed by atoms with Crippen LogP contribution in [0.1, 0.15) is 32.6 Å². The van der Waals surface area contributed by atoms with Gasteiger partial charge in [-0.1, -0.05) is 60.7 Å². The third-order valence-corrected chi connectivity index (χ3v) is 7.34. The van der Waals surface area contributed by atoms with Crippen LogP contribution in [0.5, 0.6) is 0 Å². The molecule has 2 aromatic carbocycles. The summed E-state index contributed by atoms with van der Waals surface area (Å²) in [6.45, 7) is 3.04. The van der Waals surface area contributed by atoms with E-state index in [1.165, 1.54) is 16.2 Å². The average molecular weight is 465 g/mol. The number of nitrogens with zero attached hydrogens (tertiary/aromatic N) is 2. The Morgan fingerprint density at radius 1 is 1.03 bits per heavy atom. The number of hydrogen-bond donors (Lipinski definition) is 1. The minimum atomic E-state index is -0.893. The molecule has 4 rings (SSSR count). The van der Waals surface area contributed by atoms with E-state index in [0.717, 1.165) is 43.5 Å². The second kappa shape index (κ2) is 11.0. The Bertz CT molecular complexity index is 1040. The molecule has 0 bridgehead atoms. The highest BCUT2D eigenvalue weighted by Gasteiger charge is 2.26. The van der Waals surface area contributed by atoms with Crippen molar-refractivity contribution in [2.75, 3.05) is 12.9 Å². The highest BCUT2D eigenvalue weighted by molar-refractivity contribution is 7.98. The molecule has 0 saturated heterocycles. The Morgan fingerprint density at radius 2 is 1.61 bits per heavy atom. The predicted molar refractivity (Wildman–Crippen MR) is 133 cm³/mol. The first-order valence-corrected chi connectivity index (χ1v) is 12.9. The fourth-order valence-corrected chi connectivity index (χ4v) is 5.36. The Morgan fingerprint density at radius 3 is 2.18 bits per heavy atom. The number of carboxylic acid groups (broad SMARTS) is 1.